The highest BCUT2D eigenvalue weighted by Crippen LogP contribution is 2.44. The van der Waals surface area contributed by atoms with Crippen LogP contribution in [0.3, 0.4) is 0 Å². The first kappa shape index (κ1) is 17.2. The third kappa shape index (κ3) is 2.83. The van der Waals surface area contributed by atoms with Crippen molar-refractivity contribution in [1.82, 2.24) is 10.0 Å². The van der Waals surface area contributed by atoms with Gasteiger partial charge in [-0.15, -0.1) is 0 Å². The van der Waals surface area contributed by atoms with E-state index in [1.165, 1.54) is 5.56 Å². The number of nitrogens with zero attached hydrogens (tertiary/aromatic N) is 3. The summed E-state index contributed by atoms with van der Waals surface area (Å²) in [5.74, 6) is 0.179. The van der Waals surface area contributed by atoms with Crippen LogP contribution in [0.5, 0.6) is 0 Å². The Morgan fingerprint density at radius 2 is 1.96 bits per heavy atom. The molecule has 0 bridgehead atoms. The van der Waals surface area contributed by atoms with Crippen molar-refractivity contribution in [3.63, 3.8) is 0 Å². The third-order valence-corrected chi connectivity index (χ3v) is 5.01. The fraction of sp³-hybridized carbons (Fsp3) is 0.400. The van der Waals surface area contributed by atoms with Crippen molar-refractivity contribution in [3.8, 4) is 6.07 Å². The first-order chi connectivity index (χ1) is 12.0. The van der Waals surface area contributed by atoms with Gasteiger partial charge in [-0.25, -0.2) is 5.01 Å². The lowest BCUT2D eigenvalue weighted by Gasteiger charge is -2.42. The van der Waals surface area contributed by atoms with Gasteiger partial charge in [-0.1, -0.05) is 31.2 Å². The number of benzene rings is 1. The van der Waals surface area contributed by atoms with Gasteiger partial charge in [-0.2, -0.15) is 5.26 Å². The maximum atomic E-state index is 12.8. The lowest BCUT2D eigenvalue weighted by atomic mass is 9.76. The molecule has 2 aliphatic rings. The molecule has 5 nitrogen and oxygen atoms in total. The minimum absolute atomic E-state index is 0.123. The number of Topliss-reactive ketones (excluding diaryl/α,β-unsaturated/α-hetero) is 1. The molecule has 0 saturated heterocycles. The van der Waals surface area contributed by atoms with Crippen LogP contribution in [0.1, 0.15) is 43.2 Å². The summed E-state index contributed by atoms with van der Waals surface area (Å²) in [4.78, 5) is 12.8. The molecule has 5 heteroatoms. The van der Waals surface area contributed by atoms with Crippen LogP contribution >= 0.6 is 0 Å². The van der Waals surface area contributed by atoms with Gasteiger partial charge < -0.3 is 5.73 Å². The normalized spacial score (nSPS) is 20.8. The highest BCUT2D eigenvalue weighted by Gasteiger charge is 2.40. The molecular weight excluding hydrogens is 312 g/mol. The van der Waals surface area contributed by atoms with Gasteiger partial charge >= 0.3 is 0 Å². The number of aryl methyl sites for hydroxylation is 1. The molecule has 1 aromatic carbocycles. The van der Waals surface area contributed by atoms with Crippen LogP contribution in [0, 0.1) is 11.3 Å². The van der Waals surface area contributed by atoms with E-state index in [-0.39, 0.29) is 11.7 Å². The molecule has 0 aromatic heterocycles. The number of rotatable bonds is 3. The average molecular weight is 336 g/mol. The molecule has 1 aromatic rings. The van der Waals surface area contributed by atoms with E-state index < -0.39 is 0 Å². The van der Waals surface area contributed by atoms with Crippen molar-refractivity contribution in [2.24, 2.45) is 5.73 Å². The molecule has 1 aliphatic carbocycles. The molecule has 0 unspecified atom stereocenters. The van der Waals surface area contributed by atoms with Crippen molar-refractivity contribution in [2.75, 3.05) is 14.1 Å². The predicted octanol–water partition coefficient (Wildman–Crippen LogP) is 2.83. The van der Waals surface area contributed by atoms with E-state index in [1.54, 1.807) is 0 Å². The van der Waals surface area contributed by atoms with Gasteiger partial charge in [0.1, 0.15) is 5.82 Å². The molecule has 0 amide bonds. The molecule has 25 heavy (non-hydrogen) atoms. The third-order valence-electron chi connectivity index (χ3n) is 5.01. The van der Waals surface area contributed by atoms with Crippen molar-refractivity contribution in [3.05, 3.63) is 58.1 Å². The predicted molar refractivity (Wildman–Crippen MR) is 96.8 cm³/mol. The van der Waals surface area contributed by atoms with E-state index in [9.17, 15) is 10.1 Å². The lowest BCUT2D eigenvalue weighted by molar-refractivity contribution is -0.116. The van der Waals surface area contributed by atoms with Crippen LogP contribution in [-0.2, 0) is 11.2 Å². The number of nitriles is 1. The molecule has 2 N–H and O–H groups in total. The zero-order chi connectivity index (χ0) is 18.1. The zero-order valence-electron chi connectivity index (χ0n) is 15.0. The van der Waals surface area contributed by atoms with Crippen molar-refractivity contribution in [1.29, 1.82) is 5.26 Å². The quantitative estimate of drug-likeness (QED) is 0.919. The summed E-state index contributed by atoms with van der Waals surface area (Å²) in [7, 11) is 3.75. The molecule has 1 atom stereocenters. The van der Waals surface area contributed by atoms with Gasteiger partial charge in [0.25, 0.3) is 0 Å². The summed E-state index contributed by atoms with van der Waals surface area (Å²) < 4.78 is 0. The van der Waals surface area contributed by atoms with Crippen LogP contribution in [0.4, 0.5) is 0 Å². The van der Waals surface area contributed by atoms with Crippen LogP contribution < -0.4 is 5.73 Å². The van der Waals surface area contributed by atoms with Crippen LogP contribution in [0.25, 0.3) is 0 Å². The second-order valence-corrected chi connectivity index (χ2v) is 6.73. The topological polar surface area (TPSA) is 73.4 Å². The maximum absolute atomic E-state index is 12.8. The van der Waals surface area contributed by atoms with Crippen LogP contribution in [-0.4, -0.2) is 29.9 Å². The summed E-state index contributed by atoms with van der Waals surface area (Å²) >= 11 is 0. The minimum Gasteiger partial charge on any atom is -0.383 e. The largest absolute Gasteiger partial charge is 0.383 e. The Bertz CT molecular complexity index is 796. The Kier molecular flexibility index (Phi) is 4.65. The summed E-state index contributed by atoms with van der Waals surface area (Å²) in [6.07, 6.45) is 3.10. The summed E-state index contributed by atoms with van der Waals surface area (Å²) in [5.41, 5.74) is 10.7. The Morgan fingerprint density at radius 3 is 2.52 bits per heavy atom. The van der Waals surface area contributed by atoms with E-state index in [0.717, 1.165) is 36.1 Å². The van der Waals surface area contributed by atoms with Gasteiger partial charge in [0.2, 0.25) is 0 Å². The average Bonchev–Trinajstić information content (AvgIpc) is 2.60. The summed E-state index contributed by atoms with van der Waals surface area (Å²) in [5, 5.41) is 13.5. The van der Waals surface area contributed by atoms with Crippen LogP contribution in [0.15, 0.2) is 46.9 Å². The number of ketones is 1. The van der Waals surface area contributed by atoms with Gasteiger partial charge in [-0.3, -0.25) is 9.80 Å². The molecule has 3 rings (SSSR count). The second kappa shape index (κ2) is 6.73. The minimum atomic E-state index is -0.366. The summed E-state index contributed by atoms with van der Waals surface area (Å²) in [6.45, 7) is 2.11. The van der Waals surface area contributed by atoms with Gasteiger partial charge in [0.15, 0.2) is 5.78 Å². The Balaban J connectivity index is 2.21. The highest BCUT2D eigenvalue weighted by atomic mass is 16.1. The van der Waals surface area contributed by atoms with Gasteiger partial charge in [-0.05, 0) is 30.4 Å². The van der Waals surface area contributed by atoms with E-state index >= 15 is 0 Å². The molecule has 1 heterocycles. The SMILES string of the molecule is CCc1ccc([C@H]2C(C#N)=C(N)N(N(C)C)C3=C2C(=O)CCC3)cc1. The highest BCUT2D eigenvalue weighted by molar-refractivity contribution is 5.99. The molecule has 0 radical (unpaired) electrons. The van der Waals surface area contributed by atoms with Crippen molar-refractivity contribution < 1.29 is 4.79 Å². The lowest BCUT2D eigenvalue weighted by Crippen LogP contribution is -2.45. The number of hydrogen-bond acceptors (Lipinski definition) is 5. The van der Waals surface area contributed by atoms with Crippen molar-refractivity contribution in [2.45, 2.75) is 38.5 Å². The maximum Gasteiger partial charge on any atom is 0.161 e. The smallest absolute Gasteiger partial charge is 0.161 e. The number of carbonyl (C=O) groups is 1. The molecule has 130 valence electrons. The number of allylic oxidation sites excluding steroid dienone is 3. The molecule has 0 saturated carbocycles. The van der Waals surface area contributed by atoms with Gasteiger partial charge in [0, 0.05) is 31.8 Å². The molecular formula is C20H24N4O. The Labute approximate surface area is 149 Å². The Morgan fingerprint density at radius 1 is 1.28 bits per heavy atom. The van der Waals surface area contributed by atoms with Crippen LogP contribution in [0.2, 0.25) is 0 Å². The Hall–Kier alpha value is -2.58. The fourth-order valence-electron chi connectivity index (χ4n) is 3.80. The first-order valence-corrected chi connectivity index (χ1v) is 8.71. The van der Waals surface area contributed by atoms with E-state index in [2.05, 4.69) is 25.1 Å². The zero-order valence-corrected chi connectivity index (χ0v) is 15.0. The standard InChI is InChI=1S/C20H24N4O/c1-4-13-8-10-14(11-9-13)18-15(12-21)20(22)24(23(2)3)16-6-5-7-17(25)19(16)18/h8-11,18H,4-7,22H2,1-3H3/t18-/m0/s1. The number of hydrazine groups is 1. The number of carbonyl (C=O) groups excluding carboxylic acids is 1. The number of hydrogen-bond donors (Lipinski definition) is 1. The molecule has 0 fully saturated rings. The molecule has 1 aliphatic heterocycles. The monoisotopic (exact) mass is 336 g/mol. The number of nitrogens with two attached hydrogens (primary N) is 1. The molecule has 0 spiro atoms. The van der Waals surface area contributed by atoms with E-state index in [4.69, 9.17) is 5.73 Å². The summed E-state index contributed by atoms with van der Waals surface area (Å²) in [6, 6.07) is 10.4. The van der Waals surface area contributed by atoms with Crippen molar-refractivity contribution >= 4 is 5.78 Å². The van der Waals surface area contributed by atoms with E-state index in [0.29, 0.717) is 17.8 Å². The first-order valence-electron chi connectivity index (χ1n) is 8.71. The fourth-order valence-corrected chi connectivity index (χ4v) is 3.80. The second-order valence-electron chi connectivity index (χ2n) is 6.73. The van der Waals surface area contributed by atoms with Gasteiger partial charge in [0.05, 0.1) is 17.6 Å². The van der Waals surface area contributed by atoms with E-state index in [1.807, 2.05) is 36.2 Å².